The van der Waals surface area contributed by atoms with Gasteiger partial charge in [-0.05, 0) is 66.1 Å². The number of hydrogen-bond acceptors (Lipinski definition) is 7. The summed E-state index contributed by atoms with van der Waals surface area (Å²) in [6, 6.07) is 26.1. The van der Waals surface area contributed by atoms with Crippen LogP contribution in [0.5, 0.6) is 0 Å². The van der Waals surface area contributed by atoms with Crippen LogP contribution in [0.4, 0.5) is 10.5 Å². The lowest BCUT2D eigenvalue weighted by Gasteiger charge is -2.15. The summed E-state index contributed by atoms with van der Waals surface area (Å²) in [6.07, 6.45) is -1.60. The topological polar surface area (TPSA) is 181 Å². The number of amidine groups is 1. The zero-order chi connectivity index (χ0) is 31.6. The Morgan fingerprint density at radius 1 is 0.818 bits per heavy atom. The third-order valence-corrected chi connectivity index (χ3v) is 6.47. The minimum atomic E-state index is -1.29. The number of ether oxygens (including phenoxy) is 2. The molecule has 0 aromatic heterocycles. The Kier molecular flexibility index (Phi) is 10.0. The second-order valence-corrected chi connectivity index (χ2v) is 9.72. The normalized spacial score (nSPS) is 11.1. The van der Waals surface area contributed by atoms with Crippen molar-refractivity contribution in [2.75, 3.05) is 11.9 Å². The first-order valence-corrected chi connectivity index (χ1v) is 13.5. The fourth-order valence-corrected chi connectivity index (χ4v) is 4.24. The Bertz CT molecular complexity index is 1690. The monoisotopic (exact) mass is 594 g/mol. The van der Waals surface area contributed by atoms with Gasteiger partial charge in [0.25, 0.3) is 11.8 Å². The van der Waals surface area contributed by atoms with Crippen molar-refractivity contribution < 1.29 is 33.8 Å². The highest BCUT2D eigenvalue weighted by molar-refractivity contribution is 6.11. The zero-order valence-electron chi connectivity index (χ0n) is 23.7. The van der Waals surface area contributed by atoms with E-state index in [-0.39, 0.29) is 41.2 Å². The first-order valence-electron chi connectivity index (χ1n) is 13.5. The Labute approximate surface area is 253 Å². The van der Waals surface area contributed by atoms with Crippen molar-refractivity contribution >= 4 is 35.5 Å². The Morgan fingerprint density at radius 2 is 1.45 bits per heavy atom. The standard InChI is InChI=1S/C33H30N4O7/c1-20(44-33(42)43-19-21-7-3-2-4-8-21)18-36-30(38)23-13-16-26(28(17-23)32(40)41)25-9-5-6-10-27(25)31(39)37-24-14-11-22(12-15-24)29(34)35/h2-17,20H,18-19H2,1H3,(H3,34,35)(H,36,38)(H,37,39)(H,40,41). The molecule has 11 heteroatoms. The number of rotatable bonds is 11. The van der Waals surface area contributed by atoms with Crippen LogP contribution in [0, 0.1) is 5.41 Å². The van der Waals surface area contributed by atoms with E-state index in [4.69, 9.17) is 20.6 Å². The fraction of sp³-hybridized carbons (Fsp3) is 0.121. The molecule has 0 aliphatic carbocycles. The molecule has 1 unspecified atom stereocenters. The van der Waals surface area contributed by atoms with E-state index in [1.165, 1.54) is 18.2 Å². The summed E-state index contributed by atoms with van der Waals surface area (Å²) in [5.74, 6) is -2.45. The Balaban J connectivity index is 1.43. The lowest BCUT2D eigenvalue weighted by atomic mass is 9.93. The molecule has 1 atom stereocenters. The molecule has 0 radical (unpaired) electrons. The van der Waals surface area contributed by atoms with Gasteiger partial charge in [0.15, 0.2) is 0 Å². The van der Waals surface area contributed by atoms with Gasteiger partial charge in [-0.2, -0.15) is 0 Å². The van der Waals surface area contributed by atoms with Gasteiger partial charge in [-0.3, -0.25) is 15.0 Å². The van der Waals surface area contributed by atoms with Crippen molar-refractivity contribution in [1.29, 1.82) is 5.41 Å². The molecule has 0 fully saturated rings. The molecule has 44 heavy (non-hydrogen) atoms. The van der Waals surface area contributed by atoms with Gasteiger partial charge in [-0.1, -0.05) is 54.6 Å². The summed E-state index contributed by atoms with van der Waals surface area (Å²) >= 11 is 0. The van der Waals surface area contributed by atoms with Crippen molar-refractivity contribution in [2.45, 2.75) is 19.6 Å². The summed E-state index contributed by atoms with van der Waals surface area (Å²) in [7, 11) is 0. The fourth-order valence-electron chi connectivity index (χ4n) is 4.24. The molecular formula is C33H30N4O7. The van der Waals surface area contributed by atoms with Gasteiger partial charge in [0.05, 0.1) is 12.1 Å². The molecule has 0 saturated carbocycles. The maximum Gasteiger partial charge on any atom is 0.508 e. The quantitative estimate of drug-likeness (QED) is 0.0907. The maximum atomic E-state index is 13.2. The van der Waals surface area contributed by atoms with Crippen LogP contribution in [-0.4, -0.2) is 47.5 Å². The number of aromatic carboxylic acids is 1. The highest BCUT2D eigenvalue weighted by Gasteiger charge is 2.21. The van der Waals surface area contributed by atoms with Crippen LogP contribution < -0.4 is 16.4 Å². The lowest BCUT2D eigenvalue weighted by molar-refractivity contribution is 0.0243. The van der Waals surface area contributed by atoms with E-state index in [0.717, 1.165) is 5.56 Å². The number of carbonyl (C=O) groups is 4. The summed E-state index contributed by atoms with van der Waals surface area (Å²) in [6.45, 7) is 1.58. The van der Waals surface area contributed by atoms with E-state index in [1.807, 2.05) is 18.2 Å². The second-order valence-electron chi connectivity index (χ2n) is 9.72. The van der Waals surface area contributed by atoms with E-state index in [1.54, 1.807) is 67.6 Å². The molecule has 4 rings (SSSR count). The molecule has 0 aliphatic rings. The van der Waals surface area contributed by atoms with Gasteiger partial charge < -0.3 is 30.9 Å². The van der Waals surface area contributed by atoms with Gasteiger partial charge in [0, 0.05) is 22.4 Å². The highest BCUT2D eigenvalue weighted by Crippen LogP contribution is 2.29. The molecule has 2 amide bonds. The van der Waals surface area contributed by atoms with Crippen molar-refractivity contribution in [2.24, 2.45) is 5.73 Å². The molecular weight excluding hydrogens is 564 g/mol. The largest absolute Gasteiger partial charge is 0.508 e. The number of carbonyl (C=O) groups excluding carboxylic acids is 3. The third kappa shape index (κ3) is 8.07. The number of anilines is 1. The van der Waals surface area contributed by atoms with Gasteiger partial charge in [0.1, 0.15) is 18.5 Å². The average molecular weight is 595 g/mol. The van der Waals surface area contributed by atoms with Crippen molar-refractivity contribution in [1.82, 2.24) is 5.32 Å². The lowest BCUT2D eigenvalue weighted by Crippen LogP contribution is -2.33. The second kappa shape index (κ2) is 14.3. The number of amides is 2. The smallest absolute Gasteiger partial charge is 0.478 e. The molecule has 4 aromatic carbocycles. The summed E-state index contributed by atoms with van der Waals surface area (Å²) in [4.78, 5) is 50.3. The number of hydrogen-bond donors (Lipinski definition) is 5. The third-order valence-electron chi connectivity index (χ3n) is 6.47. The summed E-state index contributed by atoms with van der Waals surface area (Å²) < 4.78 is 10.2. The van der Waals surface area contributed by atoms with Crippen LogP contribution >= 0.6 is 0 Å². The van der Waals surface area contributed by atoms with Crippen molar-refractivity contribution in [3.8, 4) is 11.1 Å². The van der Waals surface area contributed by atoms with Crippen molar-refractivity contribution in [3.05, 3.63) is 125 Å². The van der Waals surface area contributed by atoms with Crippen LogP contribution in [-0.2, 0) is 16.1 Å². The van der Waals surface area contributed by atoms with E-state index >= 15 is 0 Å². The summed E-state index contributed by atoms with van der Waals surface area (Å²) in [5.41, 5.74) is 7.94. The van der Waals surface area contributed by atoms with Crippen LogP contribution in [0.3, 0.4) is 0 Å². The van der Waals surface area contributed by atoms with Gasteiger partial charge in [-0.15, -0.1) is 0 Å². The molecule has 0 aliphatic heterocycles. The molecule has 0 bridgehead atoms. The number of benzene rings is 4. The molecule has 0 spiro atoms. The molecule has 4 aromatic rings. The number of nitrogens with one attached hydrogen (secondary N) is 3. The molecule has 11 nitrogen and oxygen atoms in total. The van der Waals surface area contributed by atoms with E-state index in [9.17, 15) is 24.3 Å². The predicted octanol–water partition coefficient (Wildman–Crippen LogP) is 5.06. The summed E-state index contributed by atoms with van der Waals surface area (Å²) in [5, 5.41) is 22.9. The number of carboxylic acids is 1. The van der Waals surface area contributed by atoms with Crippen LogP contribution in [0.1, 0.15) is 49.1 Å². The van der Waals surface area contributed by atoms with Gasteiger partial charge in [0.2, 0.25) is 0 Å². The van der Waals surface area contributed by atoms with Crippen LogP contribution in [0.15, 0.2) is 97.1 Å². The van der Waals surface area contributed by atoms with Crippen molar-refractivity contribution in [3.63, 3.8) is 0 Å². The van der Waals surface area contributed by atoms with E-state index in [0.29, 0.717) is 16.8 Å². The SMILES string of the molecule is CC(CNC(=O)c1ccc(-c2ccccc2C(=O)Nc2ccc(C(=N)N)cc2)c(C(=O)O)c1)OC(=O)OCc1ccccc1. The number of carboxylic acid groups (broad SMARTS) is 1. The molecule has 0 heterocycles. The predicted molar refractivity (Wildman–Crippen MR) is 164 cm³/mol. The minimum absolute atomic E-state index is 0.0418. The van der Waals surface area contributed by atoms with E-state index in [2.05, 4.69) is 10.6 Å². The Morgan fingerprint density at radius 3 is 2.14 bits per heavy atom. The van der Waals surface area contributed by atoms with Gasteiger partial charge in [-0.25, -0.2) is 9.59 Å². The highest BCUT2D eigenvalue weighted by atomic mass is 16.7. The number of nitrogens with two attached hydrogens (primary N) is 1. The minimum Gasteiger partial charge on any atom is -0.478 e. The molecule has 0 saturated heterocycles. The zero-order valence-corrected chi connectivity index (χ0v) is 23.7. The molecule has 6 N–H and O–H groups in total. The average Bonchev–Trinajstić information content (AvgIpc) is 3.03. The van der Waals surface area contributed by atoms with Crippen LogP contribution in [0.25, 0.3) is 11.1 Å². The number of nitrogen functional groups attached to an aromatic ring is 1. The first kappa shape index (κ1) is 31.0. The van der Waals surface area contributed by atoms with Gasteiger partial charge >= 0.3 is 12.1 Å². The van der Waals surface area contributed by atoms with E-state index < -0.39 is 30.0 Å². The molecule has 224 valence electrons. The maximum absolute atomic E-state index is 13.2. The first-order chi connectivity index (χ1) is 21.1. The Hall–Kier alpha value is -5.97. The van der Waals surface area contributed by atoms with Crippen LogP contribution in [0.2, 0.25) is 0 Å².